The lowest BCUT2D eigenvalue weighted by Gasteiger charge is -2.10. The summed E-state index contributed by atoms with van der Waals surface area (Å²) < 4.78 is 13.3. The molecule has 0 spiro atoms. The number of rotatable bonds is 5. The van der Waals surface area contributed by atoms with Crippen LogP contribution in [0.2, 0.25) is 0 Å². The first-order chi connectivity index (χ1) is 10.6. The van der Waals surface area contributed by atoms with Crippen molar-refractivity contribution in [2.45, 2.75) is 12.5 Å². The van der Waals surface area contributed by atoms with E-state index >= 15 is 0 Å². The molecular weight excluding hydrogens is 307 g/mol. The van der Waals surface area contributed by atoms with Crippen LogP contribution in [-0.4, -0.2) is 23.5 Å². The highest BCUT2D eigenvalue weighted by molar-refractivity contribution is 7.10. The van der Waals surface area contributed by atoms with E-state index < -0.39 is 23.7 Å². The van der Waals surface area contributed by atoms with Gasteiger partial charge in [-0.15, -0.1) is 11.3 Å². The van der Waals surface area contributed by atoms with Gasteiger partial charge in [0.1, 0.15) is 5.82 Å². The maximum absolute atomic E-state index is 13.3. The molecule has 1 aromatic heterocycles. The van der Waals surface area contributed by atoms with Crippen molar-refractivity contribution in [3.8, 4) is 0 Å². The van der Waals surface area contributed by atoms with Crippen molar-refractivity contribution < 1.29 is 19.1 Å². The van der Waals surface area contributed by atoms with E-state index in [1.54, 1.807) is 12.1 Å². The molecular formula is C15H15FN2O3S. The molecule has 5 nitrogen and oxygen atoms in total. The molecule has 116 valence electrons. The number of thiophene rings is 1. The third kappa shape index (κ3) is 4.37. The van der Waals surface area contributed by atoms with Gasteiger partial charge in [-0.2, -0.15) is 0 Å². The Morgan fingerprint density at radius 2 is 1.95 bits per heavy atom. The van der Waals surface area contributed by atoms with Gasteiger partial charge in [-0.3, -0.25) is 9.59 Å². The molecule has 0 aliphatic heterocycles. The van der Waals surface area contributed by atoms with Crippen molar-refractivity contribution in [2.24, 2.45) is 0 Å². The van der Waals surface area contributed by atoms with Gasteiger partial charge in [-0.25, -0.2) is 4.39 Å². The Morgan fingerprint density at radius 3 is 2.64 bits per heavy atom. The molecule has 1 unspecified atom stereocenters. The number of aliphatic hydroxyl groups excluding tert-OH is 1. The third-order valence-electron chi connectivity index (χ3n) is 2.90. The summed E-state index contributed by atoms with van der Waals surface area (Å²) in [5, 5.41) is 16.3. The molecule has 0 radical (unpaired) electrons. The summed E-state index contributed by atoms with van der Waals surface area (Å²) in [4.78, 5) is 24.0. The second-order valence-electron chi connectivity index (χ2n) is 4.51. The molecule has 0 saturated carbocycles. The number of hydrogen-bond donors (Lipinski definition) is 3. The zero-order chi connectivity index (χ0) is 15.9. The van der Waals surface area contributed by atoms with E-state index in [0.29, 0.717) is 6.42 Å². The molecule has 0 fully saturated rings. The minimum absolute atomic E-state index is 0.0544. The van der Waals surface area contributed by atoms with Crippen molar-refractivity contribution in [1.82, 2.24) is 5.32 Å². The smallest absolute Gasteiger partial charge is 0.313 e. The molecule has 0 aliphatic rings. The van der Waals surface area contributed by atoms with E-state index in [1.807, 2.05) is 11.4 Å². The average molecular weight is 322 g/mol. The van der Waals surface area contributed by atoms with Crippen LogP contribution >= 0.6 is 11.3 Å². The minimum atomic E-state index is -0.948. The number of para-hydroxylation sites is 1. The largest absolute Gasteiger partial charge is 0.388 e. The van der Waals surface area contributed by atoms with Crippen molar-refractivity contribution in [3.63, 3.8) is 0 Å². The number of halogens is 1. The fraction of sp³-hybridized carbons (Fsp3) is 0.200. The van der Waals surface area contributed by atoms with Gasteiger partial charge in [0, 0.05) is 11.4 Å². The molecule has 7 heteroatoms. The summed E-state index contributed by atoms with van der Waals surface area (Å²) >= 11 is 1.42. The van der Waals surface area contributed by atoms with Gasteiger partial charge in [0.25, 0.3) is 0 Å². The molecule has 1 heterocycles. The predicted octanol–water partition coefficient (Wildman–Crippen LogP) is 2.07. The van der Waals surface area contributed by atoms with Crippen molar-refractivity contribution in [3.05, 3.63) is 52.5 Å². The van der Waals surface area contributed by atoms with Crippen LogP contribution in [0, 0.1) is 5.82 Å². The Labute approximate surface area is 130 Å². The number of hydrogen-bond acceptors (Lipinski definition) is 4. The van der Waals surface area contributed by atoms with Gasteiger partial charge >= 0.3 is 11.8 Å². The van der Waals surface area contributed by atoms with Gasteiger partial charge in [-0.1, -0.05) is 18.2 Å². The Morgan fingerprint density at radius 1 is 1.18 bits per heavy atom. The molecule has 2 rings (SSSR count). The second-order valence-corrected chi connectivity index (χ2v) is 5.49. The van der Waals surface area contributed by atoms with Gasteiger partial charge in [-0.05, 0) is 30.0 Å². The van der Waals surface area contributed by atoms with Crippen LogP contribution in [0.5, 0.6) is 0 Å². The summed E-state index contributed by atoms with van der Waals surface area (Å²) in [6.07, 6.45) is -0.394. The van der Waals surface area contributed by atoms with Crippen LogP contribution in [0.25, 0.3) is 0 Å². The van der Waals surface area contributed by atoms with Gasteiger partial charge in [0.2, 0.25) is 0 Å². The van der Waals surface area contributed by atoms with Crippen LogP contribution in [0.4, 0.5) is 10.1 Å². The third-order valence-corrected chi connectivity index (χ3v) is 3.88. The lowest BCUT2D eigenvalue weighted by Crippen LogP contribution is -2.36. The van der Waals surface area contributed by atoms with Crippen molar-refractivity contribution in [2.75, 3.05) is 11.9 Å². The van der Waals surface area contributed by atoms with Gasteiger partial charge in [0.15, 0.2) is 0 Å². The molecule has 1 aromatic carbocycles. The number of aliphatic hydroxyl groups is 1. The zero-order valence-electron chi connectivity index (χ0n) is 11.6. The highest BCUT2D eigenvalue weighted by Gasteiger charge is 2.16. The Balaban J connectivity index is 1.77. The Hall–Kier alpha value is -2.25. The van der Waals surface area contributed by atoms with Crippen LogP contribution in [0.3, 0.4) is 0 Å². The lowest BCUT2D eigenvalue weighted by molar-refractivity contribution is -0.136. The molecule has 0 saturated heterocycles. The second kappa shape index (κ2) is 7.67. The number of carbonyl (C=O) groups is 2. The summed E-state index contributed by atoms with van der Waals surface area (Å²) in [6, 6.07) is 9.20. The fourth-order valence-corrected chi connectivity index (χ4v) is 2.51. The molecule has 2 amide bonds. The zero-order valence-corrected chi connectivity index (χ0v) is 12.4. The minimum Gasteiger partial charge on any atom is -0.388 e. The molecule has 2 aromatic rings. The number of carbonyl (C=O) groups excluding carboxylic acids is 2. The monoisotopic (exact) mass is 322 g/mol. The highest BCUT2D eigenvalue weighted by atomic mass is 32.1. The molecule has 3 N–H and O–H groups in total. The van der Waals surface area contributed by atoms with E-state index in [4.69, 9.17) is 0 Å². The van der Waals surface area contributed by atoms with Crippen LogP contribution in [-0.2, 0) is 9.59 Å². The van der Waals surface area contributed by atoms with Crippen molar-refractivity contribution in [1.29, 1.82) is 0 Å². The standard InChI is InChI=1S/C15H15FN2O3S/c16-10-4-1-2-5-11(10)18-15(21)14(20)17-8-7-12(19)13-6-3-9-22-13/h1-6,9,12,19H,7-8H2,(H,17,20)(H,18,21). The van der Waals surface area contributed by atoms with Gasteiger partial charge in [0.05, 0.1) is 11.8 Å². The number of benzene rings is 1. The van der Waals surface area contributed by atoms with Crippen molar-refractivity contribution >= 4 is 28.8 Å². The quantitative estimate of drug-likeness (QED) is 0.737. The Bertz CT molecular complexity index is 646. The molecule has 22 heavy (non-hydrogen) atoms. The number of nitrogens with one attached hydrogen (secondary N) is 2. The first-order valence-electron chi connectivity index (χ1n) is 6.63. The maximum atomic E-state index is 13.3. The predicted molar refractivity (Wildman–Crippen MR) is 81.9 cm³/mol. The maximum Gasteiger partial charge on any atom is 0.313 e. The Kier molecular flexibility index (Phi) is 5.62. The van der Waals surface area contributed by atoms with E-state index in [0.717, 1.165) is 4.88 Å². The van der Waals surface area contributed by atoms with Gasteiger partial charge < -0.3 is 15.7 Å². The average Bonchev–Trinajstić information content (AvgIpc) is 3.03. The topological polar surface area (TPSA) is 78.4 Å². The summed E-state index contributed by atoms with van der Waals surface area (Å²) in [5.74, 6) is -2.44. The van der Waals surface area contributed by atoms with Crippen LogP contribution in [0.1, 0.15) is 17.4 Å². The first kappa shape index (κ1) is 16.1. The normalized spacial score (nSPS) is 11.7. The van der Waals surface area contributed by atoms with Crippen LogP contribution in [0.15, 0.2) is 41.8 Å². The molecule has 1 atom stereocenters. The lowest BCUT2D eigenvalue weighted by atomic mass is 10.2. The van der Waals surface area contributed by atoms with Crippen LogP contribution < -0.4 is 10.6 Å². The first-order valence-corrected chi connectivity index (χ1v) is 7.51. The summed E-state index contributed by atoms with van der Waals surface area (Å²) in [7, 11) is 0. The summed E-state index contributed by atoms with van der Waals surface area (Å²) in [5.41, 5.74) is -0.0544. The van der Waals surface area contributed by atoms with E-state index in [2.05, 4.69) is 10.6 Å². The summed E-state index contributed by atoms with van der Waals surface area (Å²) in [6.45, 7) is 0.141. The van der Waals surface area contributed by atoms with E-state index in [1.165, 1.54) is 29.5 Å². The molecule has 0 aliphatic carbocycles. The SMILES string of the molecule is O=C(NCCC(O)c1cccs1)C(=O)Nc1ccccc1F. The molecule has 0 bridgehead atoms. The van der Waals surface area contributed by atoms with E-state index in [-0.39, 0.29) is 12.2 Å². The highest BCUT2D eigenvalue weighted by Crippen LogP contribution is 2.20. The van der Waals surface area contributed by atoms with E-state index in [9.17, 15) is 19.1 Å². The fourth-order valence-electron chi connectivity index (χ4n) is 1.77. The number of amides is 2. The number of anilines is 1.